The minimum absolute atomic E-state index is 0.133. The number of rotatable bonds is 3. The van der Waals surface area contributed by atoms with Gasteiger partial charge < -0.3 is 5.32 Å². The molecule has 0 unspecified atom stereocenters. The van der Waals surface area contributed by atoms with Crippen molar-refractivity contribution in [3.8, 4) is 0 Å². The van der Waals surface area contributed by atoms with Crippen LogP contribution < -0.4 is 5.32 Å². The summed E-state index contributed by atoms with van der Waals surface area (Å²) in [5.74, 6) is -0.506. The van der Waals surface area contributed by atoms with Crippen LogP contribution in [0.15, 0.2) is 22.7 Å². The quantitative estimate of drug-likeness (QED) is 0.920. The van der Waals surface area contributed by atoms with E-state index in [0.717, 1.165) is 0 Å². The van der Waals surface area contributed by atoms with E-state index in [0.29, 0.717) is 31.7 Å². The van der Waals surface area contributed by atoms with E-state index in [2.05, 4.69) is 21.2 Å². The molecule has 1 heterocycles. The van der Waals surface area contributed by atoms with Crippen LogP contribution in [0.2, 0.25) is 0 Å². The largest absolute Gasteiger partial charge is 0.314 e. The first-order valence-corrected chi connectivity index (χ1v) is 6.57. The van der Waals surface area contributed by atoms with Gasteiger partial charge in [0.1, 0.15) is 5.82 Å². The molecule has 0 bridgehead atoms. The normalized spacial score (nSPS) is 19.2. The van der Waals surface area contributed by atoms with Crippen molar-refractivity contribution in [2.75, 3.05) is 26.2 Å². The van der Waals surface area contributed by atoms with Crippen molar-refractivity contribution in [1.82, 2.24) is 10.2 Å². The molecular formula is C12H14BrF3N2. The van der Waals surface area contributed by atoms with Crippen LogP contribution in [0.5, 0.6) is 0 Å². The molecular weight excluding hydrogens is 309 g/mol. The van der Waals surface area contributed by atoms with Crippen molar-refractivity contribution < 1.29 is 13.2 Å². The second-order valence-corrected chi connectivity index (χ2v) is 5.00. The van der Waals surface area contributed by atoms with Crippen LogP contribution in [0.1, 0.15) is 11.6 Å². The van der Waals surface area contributed by atoms with E-state index in [1.807, 2.05) is 0 Å². The molecule has 1 aromatic rings. The Balaban J connectivity index is 2.31. The Bertz CT molecular complexity index is 408. The molecule has 100 valence electrons. The van der Waals surface area contributed by atoms with Crippen molar-refractivity contribution in [1.29, 1.82) is 0 Å². The number of piperazine rings is 1. The summed E-state index contributed by atoms with van der Waals surface area (Å²) in [6.07, 6.45) is -2.54. The number of nitrogens with zero attached hydrogens (tertiary/aromatic N) is 1. The topological polar surface area (TPSA) is 15.3 Å². The van der Waals surface area contributed by atoms with Crippen LogP contribution in [0.3, 0.4) is 0 Å². The summed E-state index contributed by atoms with van der Waals surface area (Å²) < 4.78 is 40.1. The standard InChI is InChI=1S/C12H14BrF3N2/c13-10-8(2-1-3-9(10)14)11(12(15)16)18-6-4-17-5-7-18/h1-3,11-12,17H,4-7H2/t11-/m1/s1. The third kappa shape index (κ3) is 2.87. The lowest BCUT2D eigenvalue weighted by atomic mass is 10.0. The second-order valence-electron chi connectivity index (χ2n) is 4.21. The molecule has 2 rings (SSSR count). The zero-order valence-corrected chi connectivity index (χ0v) is 11.3. The van der Waals surface area contributed by atoms with Crippen molar-refractivity contribution in [3.05, 3.63) is 34.1 Å². The first-order chi connectivity index (χ1) is 8.61. The fourth-order valence-corrected chi connectivity index (χ4v) is 2.70. The summed E-state index contributed by atoms with van der Waals surface area (Å²) in [5.41, 5.74) is 0.312. The number of nitrogens with one attached hydrogen (secondary N) is 1. The fourth-order valence-electron chi connectivity index (χ4n) is 2.20. The Morgan fingerprint density at radius 2 is 1.89 bits per heavy atom. The molecule has 1 saturated heterocycles. The summed E-state index contributed by atoms with van der Waals surface area (Å²) in [7, 11) is 0. The van der Waals surface area contributed by atoms with E-state index in [-0.39, 0.29) is 4.47 Å². The van der Waals surface area contributed by atoms with Gasteiger partial charge in [-0.1, -0.05) is 12.1 Å². The lowest BCUT2D eigenvalue weighted by Crippen LogP contribution is -2.47. The van der Waals surface area contributed by atoms with E-state index in [1.165, 1.54) is 12.1 Å². The van der Waals surface area contributed by atoms with E-state index >= 15 is 0 Å². The number of alkyl halides is 2. The van der Waals surface area contributed by atoms with Gasteiger partial charge in [-0.3, -0.25) is 4.90 Å². The predicted octanol–water partition coefficient (Wildman–Crippen LogP) is 2.80. The molecule has 1 fully saturated rings. The predicted molar refractivity (Wildman–Crippen MR) is 67.3 cm³/mol. The van der Waals surface area contributed by atoms with Gasteiger partial charge in [-0.15, -0.1) is 0 Å². The molecule has 0 aromatic heterocycles. The third-order valence-electron chi connectivity index (χ3n) is 3.08. The van der Waals surface area contributed by atoms with Gasteiger partial charge in [-0.05, 0) is 27.6 Å². The van der Waals surface area contributed by atoms with Crippen molar-refractivity contribution in [2.24, 2.45) is 0 Å². The second kappa shape index (κ2) is 6.04. The van der Waals surface area contributed by atoms with Gasteiger partial charge >= 0.3 is 0 Å². The highest BCUT2D eigenvalue weighted by molar-refractivity contribution is 9.10. The van der Waals surface area contributed by atoms with Gasteiger partial charge in [0, 0.05) is 26.2 Å². The monoisotopic (exact) mass is 322 g/mol. The molecule has 1 atom stereocenters. The Hall–Kier alpha value is -0.590. The average Bonchev–Trinajstić information content (AvgIpc) is 2.36. The van der Waals surface area contributed by atoms with Crippen LogP contribution in [0, 0.1) is 5.82 Å². The zero-order valence-electron chi connectivity index (χ0n) is 9.67. The summed E-state index contributed by atoms with van der Waals surface area (Å²) in [6.45, 7) is 2.43. The summed E-state index contributed by atoms with van der Waals surface area (Å²) >= 11 is 3.07. The summed E-state index contributed by atoms with van der Waals surface area (Å²) in [6, 6.07) is 3.21. The Morgan fingerprint density at radius 3 is 2.50 bits per heavy atom. The molecule has 1 N–H and O–H groups in total. The van der Waals surface area contributed by atoms with Crippen molar-refractivity contribution in [2.45, 2.75) is 12.5 Å². The van der Waals surface area contributed by atoms with E-state index in [1.54, 1.807) is 11.0 Å². The maximum atomic E-state index is 13.4. The van der Waals surface area contributed by atoms with Crippen LogP contribution in [-0.2, 0) is 0 Å². The molecule has 1 aromatic carbocycles. The highest BCUT2D eigenvalue weighted by Gasteiger charge is 2.32. The van der Waals surface area contributed by atoms with Crippen LogP contribution in [0.4, 0.5) is 13.2 Å². The first-order valence-electron chi connectivity index (χ1n) is 5.78. The number of hydrogen-bond acceptors (Lipinski definition) is 2. The third-order valence-corrected chi connectivity index (χ3v) is 3.92. The zero-order chi connectivity index (χ0) is 13.1. The Kier molecular flexibility index (Phi) is 4.64. The average molecular weight is 323 g/mol. The lowest BCUT2D eigenvalue weighted by molar-refractivity contribution is 0.0177. The molecule has 0 aliphatic carbocycles. The highest BCUT2D eigenvalue weighted by Crippen LogP contribution is 2.34. The molecule has 0 amide bonds. The maximum Gasteiger partial charge on any atom is 0.258 e. The van der Waals surface area contributed by atoms with E-state index in [4.69, 9.17) is 0 Å². The van der Waals surface area contributed by atoms with Crippen LogP contribution in [0.25, 0.3) is 0 Å². The minimum atomic E-state index is -2.54. The molecule has 6 heteroatoms. The van der Waals surface area contributed by atoms with Gasteiger partial charge in [0.2, 0.25) is 0 Å². The van der Waals surface area contributed by atoms with Gasteiger partial charge in [-0.2, -0.15) is 0 Å². The molecule has 18 heavy (non-hydrogen) atoms. The molecule has 1 aliphatic rings. The first kappa shape index (κ1) is 13.8. The SMILES string of the molecule is Fc1cccc([C@H](C(F)F)N2CCNCC2)c1Br. The smallest absolute Gasteiger partial charge is 0.258 e. The minimum Gasteiger partial charge on any atom is -0.314 e. The number of halogens is 4. The molecule has 0 saturated carbocycles. The fraction of sp³-hybridized carbons (Fsp3) is 0.500. The van der Waals surface area contributed by atoms with Gasteiger partial charge in [-0.25, -0.2) is 13.2 Å². The molecule has 1 aliphatic heterocycles. The van der Waals surface area contributed by atoms with E-state index in [9.17, 15) is 13.2 Å². The Morgan fingerprint density at radius 1 is 1.22 bits per heavy atom. The maximum absolute atomic E-state index is 13.4. The van der Waals surface area contributed by atoms with Gasteiger partial charge in [0.25, 0.3) is 6.43 Å². The number of hydrogen-bond donors (Lipinski definition) is 1. The van der Waals surface area contributed by atoms with Gasteiger partial charge in [0.05, 0.1) is 10.5 Å². The lowest BCUT2D eigenvalue weighted by Gasteiger charge is -2.35. The Labute approximate surface area is 112 Å². The van der Waals surface area contributed by atoms with Crippen molar-refractivity contribution in [3.63, 3.8) is 0 Å². The highest BCUT2D eigenvalue weighted by atomic mass is 79.9. The number of benzene rings is 1. The van der Waals surface area contributed by atoms with E-state index < -0.39 is 18.3 Å². The van der Waals surface area contributed by atoms with Crippen LogP contribution >= 0.6 is 15.9 Å². The molecule has 2 nitrogen and oxygen atoms in total. The van der Waals surface area contributed by atoms with Gasteiger partial charge in [0.15, 0.2) is 0 Å². The molecule has 0 spiro atoms. The molecule has 0 radical (unpaired) electrons. The van der Waals surface area contributed by atoms with Crippen LogP contribution in [-0.4, -0.2) is 37.5 Å². The summed E-state index contributed by atoms with van der Waals surface area (Å²) in [4.78, 5) is 1.70. The van der Waals surface area contributed by atoms with Crippen molar-refractivity contribution >= 4 is 15.9 Å². The summed E-state index contributed by atoms with van der Waals surface area (Å²) in [5, 5.41) is 3.11.